The maximum absolute atomic E-state index is 13.5. The minimum atomic E-state index is -0.736. The maximum atomic E-state index is 13.5. The molecule has 1 aliphatic heterocycles. The topological polar surface area (TPSA) is 100 Å². The Hall–Kier alpha value is -3.67. The Morgan fingerprint density at radius 3 is 2.41 bits per heavy atom. The van der Waals surface area contributed by atoms with Crippen molar-refractivity contribution in [3.8, 4) is 11.5 Å². The number of carbonyl (C=O) groups excluding carboxylic acids is 2. The van der Waals surface area contributed by atoms with Crippen LogP contribution in [-0.4, -0.2) is 57.3 Å². The van der Waals surface area contributed by atoms with Crippen LogP contribution >= 0.6 is 34.5 Å². The molecule has 9 nitrogen and oxygen atoms in total. The van der Waals surface area contributed by atoms with E-state index in [-0.39, 0.29) is 18.5 Å². The molecule has 2 aromatic heterocycles. The van der Waals surface area contributed by atoms with E-state index in [0.29, 0.717) is 44.1 Å². The third kappa shape index (κ3) is 8.37. The molecule has 4 aromatic rings. The molecule has 2 N–H and O–H groups in total. The van der Waals surface area contributed by atoms with Gasteiger partial charge in [0.25, 0.3) is 0 Å². The number of aromatic nitrogens is 1. The predicted octanol–water partition coefficient (Wildman–Crippen LogP) is 6.11. The van der Waals surface area contributed by atoms with Gasteiger partial charge in [-0.3, -0.25) is 5.32 Å². The molecule has 0 saturated carbocycles. The quantitative estimate of drug-likeness (QED) is 0.169. The van der Waals surface area contributed by atoms with Gasteiger partial charge in [-0.1, -0.05) is 59.6 Å². The number of thiophene rings is 1. The molecule has 0 amide bonds. The molecule has 1 fully saturated rings. The number of halogens is 2. The van der Waals surface area contributed by atoms with Gasteiger partial charge >= 0.3 is 11.9 Å². The Balaban J connectivity index is 1.31. The molecule has 12 heteroatoms. The summed E-state index contributed by atoms with van der Waals surface area (Å²) in [4.78, 5) is 33.1. The van der Waals surface area contributed by atoms with Crippen LogP contribution in [0.1, 0.15) is 49.8 Å². The zero-order chi connectivity index (χ0) is 32.6. The van der Waals surface area contributed by atoms with Crippen molar-refractivity contribution in [1.29, 1.82) is 0 Å². The van der Waals surface area contributed by atoms with Crippen LogP contribution in [0.3, 0.4) is 0 Å². The van der Waals surface area contributed by atoms with Gasteiger partial charge in [0.2, 0.25) is 0 Å². The minimum absolute atomic E-state index is 0.133. The molecule has 0 bridgehead atoms. The molecule has 0 spiro atoms. The lowest BCUT2D eigenvalue weighted by molar-refractivity contribution is -0.377. The zero-order valence-electron chi connectivity index (χ0n) is 25.8. The summed E-state index contributed by atoms with van der Waals surface area (Å²) in [6, 6.07) is 17.7. The van der Waals surface area contributed by atoms with Crippen LogP contribution in [0.5, 0.6) is 11.5 Å². The normalized spacial score (nSPS) is 16.1. The van der Waals surface area contributed by atoms with E-state index in [0.717, 1.165) is 30.0 Å². The first-order valence-electron chi connectivity index (χ1n) is 14.8. The Labute approximate surface area is 282 Å². The lowest BCUT2D eigenvalue weighted by atomic mass is 10.0. The molecule has 5 rings (SSSR count). The summed E-state index contributed by atoms with van der Waals surface area (Å²) in [6.45, 7) is 1.96. The minimum Gasteiger partial charge on any atom is -0.493 e. The molecule has 0 radical (unpaired) electrons. The van der Waals surface area contributed by atoms with Gasteiger partial charge in [0, 0.05) is 36.5 Å². The fourth-order valence-electron chi connectivity index (χ4n) is 5.32. The first-order chi connectivity index (χ1) is 22.2. The van der Waals surface area contributed by atoms with Gasteiger partial charge in [0.05, 0.1) is 14.2 Å². The lowest BCUT2D eigenvalue weighted by Crippen LogP contribution is -2.33. The van der Waals surface area contributed by atoms with E-state index in [1.165, 1.54) is 11.3 Å². The van der Waals surface area contributed by atoms with Gasteiger partial charge in [0.1, 0.15) is 33.2 Å². The number of nitrogens with one attached hydrogen (secondary N) is 2. The number of nitrogens with zero attached hydrogens (tertiary/aromatic N) is 1. The summed E-state index contributed by atoms with van der Waals surface area (Å²) >= 11 is 14.2. The number of hydrogen-bond acceptors (Lipinski definition) is 9. The number of hydrogen-bond donors (Lipinski definition) is 1. The third-order valence-electron chi connectivity index (χ3n) is 7.76. The average molecular weight is 686 g/mol. The smallest absolute Gasteiger partial charge is 0.348 e. The monoisotopic (exact) mass is 684 g/mol. The van der Waals surface area contributed by atoms with Crippen molar-refractivity contribution in [3.05, 3.63) is 110 Å². The molecule has 1 saturated heterocycles. The van der Waals surface area contributed by atoms with Gasteiger partial charge < -0.3 is 23.8 Å². The highest BCUT2D eigenvalue weighted by Gasteiger charge is 2.29. The molecule has 242 valence electrons. The van der Waals surface area contributed by atoms with E-state index in [9.17, 15) is 9.59 Å². The van der Waals surface area contributed by atoms with Crippen LogP contribution in [0, 0.1) is 0 Å². The van der Waals surface area contributed by atoms with Crippen molar-refractivity contribution in [2.45, 2.75) is 37.6 Å². The van der Waals surface area contributed by atoms with E-state index in [1.54, 1.807) is 44.8 Å². The molecule has 1 unspecified atom stereocenters. The highest BCUT2D eigenvalue weighted by Crippen LogP contribution is 2.36. The second-order valence-electron chi connectivity index (χ2n) is 10.9. The summed E-state index contributed by atoms with van der Waals surface area (Å²) in [5, 5.41) is 4.18. The summed E-state index contributed by atoms with van der Waals surface area (Å²) in [7, 11) is 5.11. The number of ether oxygens (including phenoxy) is 4. The van der Waals surface area contributed by atoms with Crippen LogP contribution in [0.2, 0.25) is 10.0 Å². The standard InChI is InChI=1S/C34H35Cl2N3O6S/c1-39-14-13-23(20-39)44-34(41)32(21-7-5-4-6-8-21)38-17-24-10-12-31(46-24)33(40)45-29(16-25-26(35)18-37-19-27(25)36)22-9-11-28(42-2)30(15-22)43-3/h4-12,15,18-19,23,29,32,38H,13-14,16-17,20H2,1-3H3/p+1/t23-,29+,32?/m1/s1. The van der Waals surface area contributed by atoms with Gasteiger partial charge in [-0.05, 0) is 48.9 Å². The lowest BCUT2D eigenvalue weighted by Gasteiger charge is -2.21. The molecule has 2 aromatic carbocycles. The zero-order valence-corrected chi connectivity index (χ0v) is 28.1. The molecule has 46 heavy (non-hydrogen) atoms. The van der Waals surface area contributed by atoms with Gasteiger partial charge in [0.15, 0.2) is 23.9 Å². The molecular formula is C34H36Cl2N3O6S+. The van der Waals surface area contributed by atoms with Crippen molar-refractivity contribution < 1.29 is 33.5 Å². The van der Waals surface area contributed by atoms with Crippen molar-refractivity contribution in [2.24, 2.45) is 0 Å². The van der Waals surface area contributed by atoms with Crippen LogP contribution < -0.4 is 19.8 Å². The van der Waals surface area contributed by atoms with Crippen LogP contribution in [0.4, 0.5) is 0 Å². The highest BCUT2D eigenvalue weighted by molar-refractivity contribution is 7.13. The molecule has 3 atom stereocenters. The Morgan fingerprint density at radius 1 is 1.00 bits per heavy atom. The first-order valence-corrected chi connectivity index (χ1v) is 16.4. The Kier molecular flexibility index (Phi) is 11.5. The molecule has 1 aliphatic rings. The second kappa shape index (κ2) is 15.8. The highest BCUT2D eigenvalue weighted by atomic mass is 35.5. The van der Waals surface area contributed by atoms with Crippen molar-refractivity contribution in [3.63, 3.8) is 0 Å². The van der Waals surface area contributed by atoms with Crippen molar-refractivity contribution in [2.75, 3.05) is 34.4 Å². The maximum Gasteiger partial charge on any atom is 0.348 e. The van der Waals surface area contributed by atoms with Crippen molar-refractivity contribution >= 4 is 46.5 Å². The third-order valence-corrected chi connectivity index (χ3v) is 9.50. The Morgan fingerprint density at radius 2 is 1.74 bits per heavy atom. The van der Waals surface area contributed by atoms with Gasteiger partial charge in [-0.15, -0.1) is 11.3 Å². The van der Waals surface area contributed by atoms with E-state index < -0.39 is 18.1 Å². The Bertz CT molecular complexity index is 1630. The second-order valence-corrected chi connectivity index (χ2v) is 12.9. The average Bonchev–Trinajstić information content (AvgIpc) is 3.71. The summed E-state index contributed by atoms with van der Waals surface area (Å²) in [5.74, 6) is 0.215. The summed E-state index contributed by atoms with van der Waals surface area (Å²) < 4.78 is 22.8. The summed E-state index contributed by atoms with van der Waals surface area (Å²) in [5.41, 5.74) is 2.12. The largest absolute Gasteiger partial charge is 0.493 e. The number of rotatable bonds is 13. The van der Waals surface area contributed by atoms with Gasteiger partial charge in [-0.2, -0.15) is 0 Å². The SMILES string of the molecule is COc1ccc([C@H](Cc2c(Cl)c[nH+]cc2Cl)OC(=O)c2ccc(CNC(C(=O)O[C@@H]3CCN(C)C3)c3ccccc3)s2)cc1OC. The van der Waals surface area contributed by atoms with Gasteiger partial charge in [-0.25, -0.2) is 14.6 Å². The number of likely N-dealkylation sites (N-methyl/N-ethyl adjacent to an activating group) is 1. The first kappa shape index (κ1) is 33.7. The molecule has 3 heterocycles. The van der Waals surface area contributed by atoms with Crippen molar-refractivity contribution in [1.82, 2.24) is 10.2 Å². The number of benzene rings is 2. The van der Waals surface area contributed by atoms with E-state index in [4.69, 9.17) is 42.1 Å². The van der Waals surface area contributed by atoms with E-state index in [2.05, 4.69) is 15.2 Å². The fraction of sp³-hybridized carbons (Fsp3) is 0.324. The predicted molar refractivity (Wildman–Crippen MR) is 177 cm³/mol. The van der Waals surface area contributed by atoms with Crippen LogP contribution in [0.15, 0.2) is 73.1 Å². The number of pyridine rings is 1. The number of esters is 2. The van der Waals surface area contributed by atoms with E-state index >= 15 is 0 Å². The van der Waals surface area contributed by atoms with Crippen LogP contribution in [-0.2, 0) is 27.2 Å². The number of likely N-dealkylation sites (tertiary alicyclic amines) is 1. The number of aromatic amines is 1. The molecular weight excluding hydrogens is 649 g/mol. The number of carbonyl (C=O) groups is 2. The van der Waals surface area contributed by atoms with E-state index in [1.807, 2.05) is 49.5 Å². The number of methoxy groups -OCH3 is 2. The van der Waals surface area contributed by atoms with Crippen LogP contribution in [0.25, 0.3) is 0 Å². The number of H-pyrrole nitrogens is 1. The molecule has 0 aliphatic carbocycles. The fourth-order valence-corrected chi connectivity index (χ4v) is 6.69. The summed E-state index contributed by atoms with van der Waals surface area (Å²) in [6.07, 6.45) is 3.42.